The van der Waals surface area contributed by atoms with Gasteiger partial charge in [-0.2, -0.15) is 0 Å². The molecule has 0 bridgehead atoms. The van der Waals surface area contributed by atoms with Crippen LogP contribution in [-0.4, -0.2) is 66.8 Å². The molecule has 0 atom stereocenters. The molecule has 3 aliphatic rings. The van der Waals surface area contributed by atoms with Crippen molar-refractivity contribution in [1.29, 1.82) is 0 Å². The van der Waals surface area contributed by atoms with E-state index in [0.29, 0.717) is 6.10 Å². The number of likely N-dealkylation sites (tertiary alicyclic amines) is 2. The van der Waals surface area contributed by atoms with Gasteiger partial charge in [0.15, 0.2) is 0 Å². The van der Waals surface area contributed by atoms with E-state index in [0.717, 1.165) is 32.0 Å². The van der Waals surface area contributed by atoms with Crippen molar-refractivity contribution in [2.45, 2.75) is 69.6 Å². The lowest BCUT2D eigenvalue weighted by molar-refractivity contribution is -0.109. The molecule has 0 aromatic heterocycles. The molecule has 3 fully saturated rings. The zero-order chi connectivity index (χ0) is 14.7. The summed E-state index contributed by atoms with van der Waals surface area (Å²) in [7, 11) is 0. The van der Waals surface area contributed by atoms with Gasteiger partial charge in [-0.05, 0) is 58.5 Å². The summed E-state index contributed by atoms with van der Waals surface area (Å²) in [5, 5.41) is 0. The van der Waals surface area contributed by atoms with Crippen molar-refractivity contribution in [3.63, 3.8) is 0 Å². The number of nitrogens with two attached hydrogens (primary N) is 1. The molecule has 0 aromatic rings. The summed E-state index contributed by atoms with van der Waals surface area (Å²) in [4.78, 5) is 5.43. The first-order valence-electron chi connectivity index (χ1n) is 9.08. The summed E-state index contributed by atoms with van der Waals surface area (Å²) >= 11 is 0. The van der Waals surface area contributed by atoms with Gasteiger partial charge in [-0.3, -0.25) is 4.90 Å². The Bertz CT molecular complexity index is 316. The molecule has 2 heterocycles. The van der Waals surface area contributed by atoms with E-state index in [9.17, 15) is 0 Å². The van der Waals surface area contributed by atoms with Gasteiger partial charge in [0.1, 0.15) is 0 Å². The molecular formula is C17H33N3O. The van der Waals surface area contributed by atoms with E-state index in [1.54, 1.807) is 0 Å². The highest BCUT2D eigenvalue weighted by Crippen LogP contribution is 2.40. The van der Waals surface area contributed by atoms with E-state index in [4.69, 9.17) is 10.5 Å². The molecule has 122 valence electrons. The van der Waals surface area contributed by atoms with Gasteiger partial charge in [0, 0.05) is 37.8 Å². The second kappa shape index (κ2) is 6.95. The van der Waals surface area contributed by atoms with Crippen molar-refractivity contribution in [3.8, 4) is 0 Å². The third-order valence-corrected chi connectivity index (χ3v) is 6.04. The molecule has 2 aliphatic heterocycles. The topological polar surface area (TPSA) is 41.7 Å². The van der Waals surface area contributed by atoms with Gasteiger partial charge in [-0.1, -0.05) is 6.42 Å². The lowest BCUT2D eigenvalue weighted by atomic mass is 9.72. The third-order valence-electron chi connectivity index (χ3n) is 6.04. The summed E-state index contributed by atoms with van der Waals surface area (Å²) in [6, 6.07) is 0.833. The lowest BCUT2D eigenvalue weighted by Crippen LogP contribution is -2.66. The normalized spacial score (nSPS) is 36.6. The summed E-state index contributed by atoms with van der Waals surface area (Å²) < 4.78 is 5.75. The average Bonchev–Trinajstić information content (AvgIpc) is 2.52. The number of piperidine rings is 2. The maximum atomic E-state index is 6.13. The van der Waals surface area contributed by atoms with Crippen molar-refractivity contribution in [3.05, 3.63) is 0 Å². The van der Waals surface area contributed by atoms with Gasteiger partial charge in [0.05, 0.1) is 6.10 Å². The Morgan fingerprint density at radius 3 is 2.29 bits per heavy atom. The lowest BCUT2D eigenvalue weighted by Gasteiger charge is -2.56. The van der Waals surface area contributed by atoms with Gasteiger partial charge < -0.3 is 15.4 Å². The van der Waals surface area contributed by atoms with Crippen LogP contribution in [-0.2, 0) is 4.74 Å². The SMILES string of the molecule is CCOC1CC(CN)(N2CCC(N3CCCCC3)CC2)C1. The molecule has 2 saturated heterocycles. The van der Waals surface area contributed by atoms with Crippen LogP contribution in [0.2, 0.25) is 0 Å². The van der Waals surface area contributed by atoms with Crippen molar-refractivity contribution in [1.82, 2.24) is 9.80 Å². The van der Waals surface area contributed by atoms with E-state index >= 15 is 0 Å². The molecule has 21 heavy (non-hydrogen) atoms. The van der Waals surface area contributed by atoms with E-state index in [2.05, 4.69) is 16.7 Å². The van der Waals surface area contributed by atoms with Crippen LogP contribution < -0.4 is 5.73 Å². The van der Waals surface area contributed by atoms with E-state index in [1.807, 2.05) is 0 Å². The second-order valence-electron chi connectivity index (χ2n) is 7.23. The van der Waals surface area contributed by atoms with Crippen LogP contribution in [0, 0.1) is 0 Å². The maximum absolute atomic E-state index is 6.13. The Labute approximate surface area is 130 Å². The minimum atomic E-state index is 0.257. The van der Waals surface area contributed by atoms with Crippen molar-refractivity contribution < 1.29 is 4.74 Å². The van der Waals surface area contributed by atoms with Crippen LogP contribution in [0.4, 0.5) is 0 Å². The number of rotatable bonds is 5. The zero-order valence-corrected chi connectivity index (χ0v) is 13.7. The van der Waals surface area contributed by atoms with Crippen LogP contribution in [0.5, 0.6) is 0 Å². The van der Waals surface area contributed by atoms with Gasteiger partial charge in [-0.25, -0.2) is 0 Å². The number of hydrogen-bond acceptors (Lipinski definition) is 4. The highest BCUT2D eigenvalue weighted by molar-refractivity contribution is 5.05. The smallest absolute Gasteiger partial charge is 0.0611 e. The summed E-state index contributed by atoms with van der Waals surface area (Å²) in [5.41, 5.74) is 6.38. The molecule has 1 saturated carbocycles. The molecule has 4 heteroatoms. The summed E-state index contributed by atoms with van der Waals surface area (Å²) in [6.07, 6.45) is 9.66. The Morgan fingerprint density at radius 2 is 1.71 bits per heavy atom. The van der Waals surface area contributed by atoms with Crippen molar-refractivity contribution in [2.24, 2.45) is 5.73 Å². The molecule has 2 N–H and O–H groups in total. The van der Waals surface area contributed by atoms with Crippen LogP contribution in [0.1, 0.15) is 51.9 Å². The van der Waals surface area contributed by atoms with Gasteiger partial charge in [0.25, 0.3) is 0 Å². The first-order chi connectivity index (χ1) is 10.3. The highest BCUT2D eigenvalue weighted by Gasteiger charge is 2.48. The van der Waals surface area contributed by atoms with Gasteiger partial charge in [0.2, 0.25) is 0 Å². The minimum Gasteiger partial charge on any atom is -0.378 e. The summed E-state index contributed by atoms with van der Waals surface area (Å²) in [5.74, 6) is 0. The average molecular weight is 295 g/mol. The predicted octanol–water partition coefficient (Wildman–Crippen LogP) is 1.83. The first-order valence-corrected chi connectivity index (χ1v) is 9.08. The van der Waals surface area contributed by atoms with E-state index in [1.165, 1.54) is 58.3 Å². The van der Waals surface area contributed by atoms with Crippen molar-refractivity contribution >= 4 is 0 Å². The fourth-order valence-electron chi connectivity index (χ4n) is 4.68. The number of nitrogens with zero attached hydrogens (tertiary/aromatic N) is 2. The van der Waals surface area contributed by atoms with Crippen LogP contribution in [0.25, 0.3) is 0 Å². The van der Waals surface area contributed by atoms with Crippen molar-refractivity contribution in [2.75, 3.05) is 39.3 Å². The fourth-order valence-corrected chi connectivity index (χ4v) is 4.68. The Hall–Kier alpha value is -0.160. The molecule has 3 rings (SSSR count). The Kier molecular flexibility index (Phi) is 5.20. The quantitative estimate of drug-likeness (QED) is 0.840. The number of ether oxygens (including phenoxy) is 1. The van der Waals surface area contributed by atoms with Crippen LogP contribution in [0.3, 0.4) is 0 Å². The molecule has 0 spiro atoms. The fraction of sp³-hybridized carbons (Fsp3) is 1.00. The Balaban J connectivity index is 1.48. The van der Waals surface area contributed by atoms with Crippen LogP contribution in [0.15, 0.2) is 0 Å². The maximum Gasteiger partial charge on any atom is 0.0611 e. The summed E-state index contributed by atoms with van der Waals surface area (Å²) in [6.45, 7) is 8.85. The monoisotopic (exact) mass is 295 g/mol. The van der Waals surface area contributed by atoms with E-state index in [-0.39, 0.29) is 5.54 Å². The second-order valence-corrected chi connectivity index (χ2v) is 7.23. The molecule has 1 aliphatic carbocycles. The molecule has 4 nitrogen and oxygen atoms in total. The third kappa shape index (κ3) is 3.29. The molecule has 0 radical (unpaired) electrons. The van der Waals surface area contributed by atoms with Crippen LogP contribution >= 0.6 is 0 Å². The highest BCUT2D eigenvalue weighted by atomic mass is 16.5. The van der Waals surface area contributed by atoms with E-state index < -0.39 is 0 Å². The molecule has 0 amide bonds. The van der Waals surface area contributed by atoms with Gasteiger partial charge >= 0.3 is 0 Å². The van der Waals surface area contributed by atoms with Gasteiger partial charge in [-0.15, -0.1) is 0 Å². The minimum absolute atomic E-state index is 0.257. The molecular weight excluding hydrogens is 262 g/mol. The first kappa shape index (κ1) is 15.7. The standard InChI is InChI=1S/C17H33N3O/c1-2-21-16-12-17(13-16,14-18)20-10-6-15(7-11-20)19-8-4-3-5-9-19/h15-16H,2-14,18H2,1H3. The zero-order valence-electron chi connectivity index (χ0n) is 13.7. The Morgan fingerprint density at radius 1 is 1.05 bits per heavy atom. The number of hydrogen-bond donors (Lipinski definition) is 1. The molecule has 0 aromatic carbocycles. The molecule has 0 unspecified atom stereocenters. The predicted molar refractivity (Wildman–Crippen MR) is 86.5 cm³/mol. The largest absolute Gasteiger partial charge is 0.378 e.